The third-order valence-corrected chi connectivity index (χ3v) is 6.74. The first-order valence-corrected chi connectivity index (χ1v) is 12.5. The zero-order valence-electron chi connectivity index (χ0n) is 21.7. The van der Waals surface area contributed by atoms with Gasteiger partial charge in [0.05, 0.1) is 24.4 Å². The number of fused-ring (bicyclic) bond motifs is 2. The minimum atomic E-state index is -0.494. The summed E-state index contributed by atoms with van der Waals surface area (Å²) < 4.78 is 12.9. The summed E-state index contributed by atoms with van der Waals surface area (Å²) in [6.45, 7) is 8.29. The van der Waals surface area contributed by atoms with Gasteiger partial charge in [0.15, 0.2) is 5.65 Å². The van der Waals surface area contributed by atoms with Crippen LogP contribution in [0.15, 0.2) is 24.5 Å². The van der Waals surface area contributed by atoms with E-state index in [1.165, 1.54) is 11.1 Å². The third kappa shape index (κ3) is 5.38. The Bertz CT molecular complexity index is 1260. The second-order valence-corrected chi connectivity index (χ2v) is 10.9. The molecule has 5 rings (SSSR count). The monoisotopic (exact) mass is 493 g/mol. The highest BCUT2D eigenvalue weighted by Gasteiger charge is 2.32. The minimum Gasteiger partial charge on any atom is -0.495 e. The van der Waals surface area contributed by atoms with Crippen LogP contribution in [0.5, 0.6) is 5.75 Å². The summed E-state index contributed by atoms with van der Waals surface area (Å²) in [7, 11) is 3.82. The van der Waals surface area contributed by atoms with Crippen molar-refractivity contribution in [1.29, 1.82) is 0 Å². The zero-order valence-corrected chi connectivity index (χ0v) is 21.7. The zero-order chi connectivity index (χ0) is 25.4. The number of hydrogen-bond acceptors (Lipinski definition) is 8. The Balaban J connectivity index is 1.26. The molecule has 2 aliphatic rings. The molecule has 3 heterocycles. The van der Waals surface area contributed by atoms with E-state index in [-0.39, 0.29) is 12.1 Å². The Morgan fingerprint density at radius 2 is 2.00 bits per heavy atom. The predicted molar refractivity (Wildman–Crippen MR) is 138 cm³/mol. The molecule has 0 unspecified atom stereocenters. The van der Waals surface area contributed by atoms with Crippen LogP contribution in [0, 0.1) is 5.92 Å². The summed E-state index contributed by atoms with van der Waals surface area (Å²) in [6, 6.07) is 4.39. The van der Waals surface area contributed by atoms with E-state index in [2.05, 4.69) is 44.8 Å². The lowest BCUT2D eigenvalue weighted by Gasteiger charge is -2.36. The van der Waals surface area contributed by atoms with E-state index < -0.39 is 5.60 Å². The van der Waals surface area contributed by atoms with Gasteiger partial charge >= 0.3 is 6.09 Å². The highest BCUT2D eigenvalue weighted by atomic mass is 16.6. The van der Waals surface area contributed by atoms with Crippen molar-refractivity contribution in [1.82, 2.24) is 30.0 Å². The molecule has 0 radical (unpaired) electrons. The second kappa shape index (κ2) is 9.57. The molecule has 1 aliphatic heterocycles. The highest BCUT2D eigenvalue weighted by Crippen LogP contribution is 2.33. The number of benzene rings is 1. The molecule has 2 aromatic heterocycles. The minimum absolute atomic E-state index is 0.133. The Kier molecular flexibility index (Phi) is 6.46. The van der Waals surface area contributed by atoms with Crippen molar-refractivity contribution >= 4 is 28.8 Å². The number of nitrogens with zero attached hydrogens (tertiary/aromatic N) is 5. The van der Waals surface area contributed by atoms with Gasteiger partial charge in [-0.25, -0.2) is 14.5 Å². The molecule has 1 saturated carbocycles. The maximum Gasteiger partial charge on any atom is 0.407 e. The number of anilines is 2. The van der Waals surface area contributed by atoms with Gasteiger partial charge in [-0.3, -0.25) is 0 Å². The quantitative estimate of drug-likeness (QED) is 0.533. The van der Waals surface area contributed by atoms with E-state index in [4.69, 9.17) is 14.5 Å². The van der Waals surface area contributed by atoms with Gasteiger partial charge in [-0.1, -0.05) is 0 Å². The first-order chi connectivity index (χ1) is 17.2. The van der Waals surface area contributed by atoms with Crippen LogP contribution in [0.2, 0.25) is 0 Å². The topological polar surface area (TPSA) is 106 Å². The first-order valence-electron chi connectivity index (χ1n) is 12.5. The fourth-order valence-corrected chi connectivity index (χ4v) is 4.90. The van der Waals surface area contributed by atoms with Crippen LogP contribution in [0.3, 0.4) is 0 Å². The summed E-state index contributed by atoms with van der Waals surface area (Å²) >= 11 is 0. The number of nitrogens with one attached hydrogen (secondary N) is 2. The van der Waals surface area contributed by atoms with Gasteiger partial charge in [-0.15, -0.1) is 0 Å². The molecule has 10 heteroatoms. The summed E-state index contributed by atoms with van der Waals surface area (Å²) in [4.78, 5) is 23.6. The van der Waals surface area contributed by atoms with Crippen molar-refractivity contribution in [2.75, 3.05) is 26.0 Å². The van der Waals surface area contributed by atoms with Crippen LogP contribution < -0.4 is 15.4 Å². The lowest BCUT2D eigenvalue weighted by molar-refractivity contribution is 0.0445. The van der Waals surface area contributed by atoms with Crippen molar-refractivity contribution in [3.05, 3.63) is 35.7 Å². The standard InChI is InChI=1S/C26H35N7O3/c1-26(2,3)36-25(34)29-20-8-16(9-20)14-33-23-19(13-28-33)12-27-24(31-23)30-21-10-18-15-32(4)7-6-17(18)11-22(21)35-5/h10-13,16,20H,6-9,14-15H2,1-5H3,(H,29,34)(H,27,30,31)/t16-,20+. The molecule has 3 aromatic rings. The molecule has 1 amide bonds. The molecule has 1 aliphatic carbocycles. The van der Waals surface area contributed by atoms with Gasteiger partial charge in [0.1, 0.15) is 11.4 Å². The Morgan fingerprint density at radius 3 is 2.75 bits per heavy atom. The second-order valence-electron chi connectivity index (χ2n) is 10.9. The molecule has 1 fully saturated rings. The largest absolute Gasteiger partial charge is 0.495 e. The molecule has 10 nitrogen and oxygen atoms in total. The molecule has 0 atom stereocenters. The number of carbonyl (C=O) groups is 1. The molecule has 0 spiro atoms. The average Bonchev–Trinajstić information content (AvgIpc) is 3.18. The molecule has 2 N–H and O–H groups in total. The number of ether oxygens (including phenoxy) is 2. The Hall–Kier alpha value is -3.40. The van der Waals surface area contributed by atoms with Crippen molar-refractivity contribution in [3.63, 3.8) is 0 Å². The van der Waals surface area contributed by atoms with E-state index in [1.807, 2.05) is 25.5 Å². The van der Waals surface area contributed by atoms with E-state index >= 15 is 0 Å². The SMILES string of the molecule is COc1cc2c(cc1Nc1ncc3cnn(C[C@H]4C[C@@H](NC(=O)OC(C)(C)C)C4)c3n1)CN(C)CC2. The normalized spacial score (nSPS) is 19.9. The molecule has 1 aromatic carbocycles. The maximum absolute atomic E-state index is 12.0. The summed E-state index contributed by atoms with van der Waals surface area (Å²) in [5.41, 5.74) is 3.76. The molecule has 192 valence electrons. The van der Waals surface area contributed by atoms with E-state index in [0.717, 1.165) is 61.4 Å². The number of methoxy groups -OCH3 is 1. The van der Waals surface area contributed by atoms with Gasteiger partial charge < -0.3 is 25.0 Å². The lowest BCUT2D eigenvalue weighted by Crippen LogP contribution is -2.47. The van der Waals surface area contributed by atoms with Crippen LogP contribution in [-0.2, 0) is 24.2 Å². The van der Waals surface area contributed by atoms with Crippen LogP contribution in [0.25, 0.3) is 11.0 Å². The maximum atomic E-state index is 12.0. The molecule has 0 bridgehead atoms. The number of hydrogen-bond donors (Lipinski definition) is 2. The van der Waals surface area contributed by atoms with Gasteiger partial charge in [0.25, 0.3) is 0 Å². The number of carbonyl (C=O) groups excluding carboxylic acids is 1. The Labute approximate surface area is 211 Å². The van der Waals surface area contributed by atoms with E-state index in [1.54, 1.807) is 19.5 Å². The summed E-state index contributed by atoms with van der Waals surface area (Å²) in [6.07, 6.45) is 6.02. The predicted octanol–water partition coefficient (Wildman–Crippen LogP) is 3.87. The smallest absolute Gasteiger partial charge is 0.407 e. The molecular formula is C26H35N7O3. The molecule has 36 heavy (non-hydrogen) atoms. The van der Waals surface area contributed by atoms with Crippen molar-refractivity contribution in [2.24, 2.45) is 5.92 Å². The lowest BCUT2D eigenvalue weighted by atomic mass is 9.80. The average molecular weight is 494 g/mol. The number of rotatable bonds is 6. The van der Waals surface area contributed by atoms with E-state index in [0.29, 0.717) is 11.9 Å². The Morgan fingerprint density at radius 1 is 1.19 bits per heavy atom. The number of amides is 1. The van der Waals surface area contributed by atoms with Crippen LogP contribution in [-0.4, -0.2) is 63.1 Å². The molecular weight excluding hydrogens is 458 g/mol. The van der Waals surface area contributed by atoms with Crippen molar-refractivity contribution in [2.45, 2.75) is 64.8 Å². The fourth-order valence-electron chi connectivity index (χ4n) is 4.90. The van der Waals surface area contributed by atoms with Gasteiger partial charge in [0, 0.05) is 31.9 Å². The van der Waals surface area contributed by atoms with Gasteiger partial charge in [-0.2, -0.15) is 10.1 Å². The highest BCUT2D eigenvalue weighted by molar-refractivity contribution is 5.76. The van der Waals surface area contributed by atoms with Crippen LogP contribution >= 0.6 is 0 Å². The number of alkyl carbamates (subject to hydrolysis) is 1. The van der Waals surface area contributed by atoms with Crippen LogP contribution in [0.4, 0.5) is 16.4 Å². The fraction of sp³-hybridized carbons (Fsp3) is 0.538. The summed E-state index contributed by atoms with van der Waals surface area (Å²) in [5.74, 6) is 1.70. The van der Waals surface area contributed by atoms with Gasteiger partial charge in [-0.05, 0) is 76.3 Å². The molecule has 0 saturated heterocycles. The number of aromatic nitrogens is 4. The van der Waals surface area contributed by atoms with Crippen LogP contribution in [0.1, 0.15) is 44.7 Å². The van der Waals surface area contributed by atoms with Crippen molar-refractivity contribution < 1.29 is 14.3 Å². The summed E-state index contributed by atoms with van der Waals surface area (Å²) in [5, 5.41) is 11.7. The third-order valence-electron chi connectivity index (χ3n) is 6.74. The van der Waals surface area contributed by atoms with Crippen molar-refractivity contribution in [3.8, 4) is 5.75 Å². The van der Waals surface area contributed by atoms with Gasteiger partial charge in [0.2, 0.25) is 5.95 Å². The number of likely N-dealkylation sites (N-methyl/N-ethyl adjacent to an activating group) is 1. The first kappa shape index (κ1) is 24.3. The van der Waals surface area contributed by atoms with E-state index in [9.17, 15) is 4.79 Å².